The van der Waals surface area contributed by atoms with Crippen molar-refractivity contribution in [3.05, 3.63) is 35.4 Å². The second-order valence-corrected chi connectivity index (χ2v) is 7.25. The number of aliphatic hydroxyl groups is 1. The summed E-state index contributed by atoms with van der Waals surface area (Å²) in [5.74, 6) is 0. The second-order valence-electron chi connectivity index (χ2n) is 7.25. The van der Waals surface area contributed by atoms with Crippen molar-refractivity contribution in [2.75, 3.05) is 13.7 Å². The molecule has 1 fully saturated rings. The van der Waals surface area contributed by atoms with Crippen LogP contribution in [0.1, 0.15) is 50.7 Å². The Bertz CT molecular complexity index is 446. The summed E-state index contributed by atoms with van der Waals surface area (Å²) in [6, 6.07) is 8.40. The number of ether oxygens (including phenoxy) is 1. The van der Waals surface area contributed by atoms with E-state index in [1.54, 1.807) is 7.11 Å². The normalized spacial score (nSPS) is 20.4. The molecule has 2 rings (SSSR count). The Morgan fingerprint density at radius 2 is 1.81 bits per heavy atom. The number of nitrogens with one attached hydrogen (secondary N) is 1. The van der Waals surface area contributed by atoms with Crippen LogP contribution in [-0.2, 0) is 17.9 Å². The number of methoxy groups -OCH3 is 1. The highest BCUT2D eigenvalue weighted by Gasteiger charge is 2.36. The Hall–Kier alpha value is -0.900. The average Bonchev–Trinajstić information content (AvgIpc) is 2.44. The van der Waals surface area contributed by atoms with Crippen LogP contribution in [0.15, 0.2) is 24.3 Å². The standard InChI is InChI=1S/C18H29NO2/c1-17(2)7-9-18(20,10-8-17)14-19-12-15-5-4-6-16(11-15)13-21-3/h4-6,11,19-20H,7-10,12-14H2,1-3H3. The van der Waals surface area contributed by atoms with Crippen molar-refractivity contribution in [3.8, 4) is 0 Å². The zero-order valence-electron chi connectivity index (χ0n) is 13.6. The Balaban J connectivity index is 1.80. The topological polar surface area (TPSA) is 41.5 Å². The summed E-state index contributed by atoms with van der Waals surface area (Å²) in [6.45, 7) is 6.70. The first-order valence-corrected chi connectivity index (χ1v) is 7.92. The molecule has 3 nitrogen and oxygen atoms in total. The van der Waals surface area contributed by atoms with Crippen LogP contribution in [0, 0.1) is 5.41 Å². The molecule has 118 valence electrons. The van der Waals surface area contributed by atoms with Crippen molar-refractivity contribution < 1.29 is 9.84 Å². The van der Waals surface area contributed by atoms with Gasteiger partial charge in [0.05, 0.1) is 12.2 Å². The smallest absolute Gasteiger partial charge is 0.0772 e. The van der Waals surface area contributed by atoms with E-state index in [-0.39, 0.29) is 0 Å². The Morgan fingerprint density at radius 1 is 1.14 bits per heavy atom. The summed E-state index contributed by atoms with van der Waals surface area (Å²) < 4.78 is 5.16. The highest BCUT2D eigenvalue weighted by atomic mass is 16.5. The lowest BCUT2D eigenvalue weighted by Gasteiger charge is -2.40. The monoisotopic (exact) mass is 291 g/mol. The van der Waals surface area contributed by atoms with Crippen LogP contribution in [-0.4, -0.2) is 24.4 Å². The van der Waals surface area contributed by atoms with E-state index in [9.17, 15) is 5.11 Å². The maximum atomic E-state index is 10.6. The van der Waals surface area contributed by atoms with Gasteiger partial charge in [0.2, 0.25) is 0 Å². The van der Waals surface area contributed by atoms with Crippen LogP contribution in [0.3, 0.4) is 0 Å². The van der Waals surface area contributed by atoms with E-state index < -0.39 is 5.60 Å². The molecule has 0 aromatic heterocycles. The zero-order valence-corrected chi connectivity index (χ0v) is 13.6. The molecule has 1 aromatic rings. The summed E-state index contributed by atoms with van der Waals surface area (Å²) in [5, 5.41) is 14.1. The van der Waals surface area contributed by atoms with Crippen molar-refractivity contribution in [3.63, 3.8) is 0 Å². The molecule has 1 aliphatic carbocycles. The molecule has 3 heteroatoms. The van der Waals surface area contributed by atoms with E-state index in [2.05, 4.69) is 43.4 Å². The van der Waals surface area contributed by atoms with E-state index in [4.69, 9.17) is 4.74 Å². The minimum Gasteiger partial charge on any atom is -0.389 e. The molecule has 0 radical (unpaired) electrons. The molecule has 1 aliphatic rings. The van der Waals surface area contributed by atoms with E-state index in [1.165, 1.54) is 11.1 Å². The van der Waals surface area contributed by atoms with Gasteiger partial charge >= 0.3 is 0 Å². The Labute approximate surface area is 128 Å². The summed E-state index contributed by atoms with van der Waals surface area (Å²) >= 11 is 0. The summed E-state index contributed by atoms with van der Waals surface area (Å²) in [4.78, 5) is 0. The number of hydrogen-bond acceptors (Lipinski definition) is 3. The molecule has 1 aromatic carbocycles. The van der Waals surface area contributed by atoms with Gasteiger partial charge in [0.25, 0.3) is 0 Å². The predicted octanol–water partition coefficient (Wildman–Crippen LogP) is 3.25. The fourth-order valence-electron chi connectivity index (χ4n) is 3.00. The SMILES string of the molecule is COCc1cccc(CNCC2(O)CCC(C)(C)CC2)c1. The lowest BCUT2D eigenvalue weighted by atomic mass is 9.71. The molecule has 0 bridgehead atoms. The van der Waals surface area contributed by atoms with Gasteiger partial charge < -0.3 is 15.2 Å². The number of rotatable bonds is 6. The molecule has 21 heavy (non-hydrogen) atoms. The van der Waals surface area contributed by atoms with Gasteiger partial charge in [0, 0.05) is 20.2 Å². The molecule has 0 amide bonds. The molecule has 0 spiro atoms. The van der Waals surface area contributed by atoms with Crippen molar-refractivity contribution in [1.82, 2.24) is 5.32 Å². The number of benzene rings is 1. The van der Waals surface area contributed by atoms with Gasteiger partial charge in [-0.15, -0.1) is 0 Å². The largest absolute Gasteiger partial charge is 0.389 e. The van der Waals surface area contributed by atoms with Crippen molar-refractivity contribution in [1.29, 1.82) is 0 Å². The van der Waals surface area contributed by atoms with Gasteiger partial charge in [-0.05, 0) is 42.2 Å². The summed E-state index contributed by atoms with van der Waals surface area (Å²) in [5.41, 5.74) is 2.29. The first-order valence-electron chi connectivity index (χ1n) is 7.92. The van der Waals surface area contributed by atoms with Gasteiger partial charge in [-0.3, -0.25) is 0 Å². The Morgan fingerprint density at radius 3 is 2.48 bits per heavy atom. The third-order valence-corrected chi connectivity index (χ3v) is 4.62. The van der Waals surface area contributed by atoms with E-state index in [0.717, 1.165) is 32.2 Å². The van der Waals surface area contributed by atoms with Crippen molar-refractivity contribution >= 4 is 0 Å². The highest BCUT2D eigenvalue weighted by Crippen LogP contribution is 2.39. The average molecular weight is 291 g/mol. The van der Waals surface area contributed by atoms with Crippen LogP contribution in [0.2, 0.25) is 0 Å². The maximum absolute atomic E-state index is 10.6. The van der Waals surface area contributed by atoms with Crippen LogP contribution < -0.4 is 5.32 Å². The first-order chi connectivity index (χ1) is 9.92. The van der Waals surface area contributed by atoms with Gasteiger partial charge in [-0.25, -0.2) is 0 Å². The highest BCUT2D eigenvalue weighted by molar-refractivity contribution is 5.22. The summed E-state index contributed by atoms with van der Waals surface area (Å²) in [6.07, 6.45) is 4.01. The van der Waals surface area contributed by atoms with Gasteiger partial charge in [-0.1, -0.05) is 38.1 Å². The van der Waals surface area contributed by atoms with Crippen molar-refractivity contribution in [2.24, 2.45) is 5.41 Å². The predicted molar refractivity (Wildman–Crippen MR) is 86.1 cm³/mol. The fraction of sp³-hybridized carbons (Fsp3) is 0.667. The minimum atomic E-state index is -0.528. The third kappa shape index (κ3) is 5.10. The zero-order chi connectivity index (χ0) is 15.3. The molecule has 0 saturated heterocycles. The van der Waals surface area contributed by atoms with Gasteiger partial charge in [0.15, 0.2) is 0 Å². The van der Waals surface area contributed by atoms with E-state index in [1.807, 2.05) is 0 Å². The molecule has 0 aliphatic heterocycles. The van der Waals surface area contributed by atoms with E-state index in [0.29, 0.717) is 18.6 Å². The van der Waals surface area contributed by atoms with Gasteiger partial charge in [-0.2, -0.15) is 0 Å². The van der Waals surface area contributed by atoms with Crippen molar-refractivity contribution in [2.45, 2.75) is 58.3 Å². The molecular weight excluding hydrogens is 262 g/mol. The van der Waals surface area contributed by atoms with Gasteiger partial charge in [0.1, 0.15) is 0 Å². The van der Waals surface area contributed by atoms with E-state index >= 15 is 0 Å². The molecule has 1 saturated carbocycles. The molecule has 0 heterocycles. The summed E-state index contributed by atoms with van der Waals surface area (Å²) in [7, 11) is 1.71. The third-order valence-electron chi connectivity index (χ3n) is 4.62. The fourth-order valence-corrected chi connectivity index (χ4v) is 3.00. The quantitative estimate of drug-likeness (QED) is 0.845. The second kappa shape index (κ2) is 6.91. The molecule has 0 unspecified atom stereocenters. The Kier molecular flexibility index (Phi) is 5.42. The molecule has 0 atom stereocenters. The van der Waals surface area contributed by atoms with Crippen LogP contribution >= 0.6 is 0 Å². The van der Waals surface area contributed by atoms with Crippen LogP contribution in [0.5, 0.6) is 0 Å². The lowest BCUT2D eigenvalue weighted by Crippen LogP contribution is -2.44. The van der Waals surface area contributed by atoms with Crippen LogP contribution in [0.25, 0.3) is 0 Å². The molecular formula is C18H29NO2. The minimum absolute atomic E-state index is 0.390. The van der Waals surface area contributed by atoms with Crippen LogP contribution in [0.4, 0.5) is 0 Å². The maximum Gasteiger partial charge on any atom is 0.0772 e. The lowest BCUT2D eigenvalue weighted by molar-refractivity contribution is -0.0245. The number of hydrogen-bond donors (Lipinski definition) is 2. The molecule has 2 N–H and O–H groups in total. The first kappa shape index (κ1) is 16.5.